The zero-order valence-corrected chi connectivity index (χ0v) is 9.66. The highest BCUT2D eigenvalue weighted by atomic mass is 16.5. The van der Waals surface area contributed by atoms with E-state index in [9.17, 15) is 4.79 Å². The fourth-order valence-corrected chi connectivity index (χ4v) is 2.48. The van der Waals surface area contributed by atoms with Gasteiger partial charge in [0.1, 0.15) is 0 Å². The number of carboxylic acids is 1. The molecule has 16 heavy (non-hydrogen) atoms. The molecular formula is C11H20N2O3. The molecule has 0 spiro atoms. The summed E-state index contributed by atoms with van der Waals surface area (Å²) in [5.41, 5.74) is -0.215. The number of hydrogen-bond acceptors (Lipinski definition) is 4. The van der Waals surface area contributed by atoms with Gasteiger partial charge < -0.3 is 20.5 Å². The smallest absolute Gasteiger partial charge is 0.305 e. The highest BCUT2D eigenvalue weighted by Crippen LogP contribution is 2.27. The van der Waals surface area contributed by atoms with Crippen molar-refractivity contribution in [1.29, 1.82) is 0 Å². The van der Waals surface area contributed by atoms with Crippen LogP contribution in [0.3, 0.4) is 0 Å². The van der Waals surface area contributed by atoms with Crippen LogP contribution in [0.5, 0.6) is 0 Å². The first-order valence-electron chi connectivity index (χ1n) is 5.95. The molecule has 3 N–H and O–H groups in total. The van der Waals surface area contributed by atoms with Crippen LogP contribution in [0.25, 0.3) is 0 Å². The zero-order valence-electron chi connectivity index (χ0n) is 9.66. The second-order valence-corrected chi connectivity index (χ2v) is 4.84. The number of carbonyl (C=O) groups is 1. The number of ether oxygens (including phenoxy) is 1. The van der Waals surface area contributed by atoms with Crippen LogP contribution in [0.4, 0.5) is 0 Å². The molecular weight excluding hydrogens is 208 g/mol. The number of aliphatic carboxylic acids is 1. The van der Waals surface area contributed by atoms with E-state index in [1.807, 2.05) is 6.92 Å². The van der Waals surface area contributed by atoms with Gasteiger partial charge >= 0.3 is 5.97 Å². The molecule has 0 aromatic rings. The molecule has 1 saturated carbocycles. The van der Waals surface area contributed by atoms with E-state index < -0.39 is 5.97 Å². The van der Waals surface area contributed by atoms with Crippen LogP contribution in [-0.4, -0.2) is 48.5 Å². The summed E-state index contributed by atoms with van der Waals surface area (Å²) in [6.45, 7) is 4.28. The molecule has 0 aromatic heterocycles. The van der Waals surface area contributed by atoms with Crippen molar-refractivity contribution in [2.75, 3.05) is 19.7 Å². The first kappa shape index (κ1) is 11.8. The fourth-order valence-electron chi connectivity index (χ4n) is 2.48. The normalized spacial score (nSPS) is 31.6. The van der Waals surface area contributed by atoms with Crippen LogP contribution in [-0.2, 0) is 9.53 Å². The van der Waals surface area contributed by atoms with Crippen LogP contribution in [0, 0.1) is 0 Å². The predicted octanol–water partition coefficient (Wildman–Crippen LogP) is -0.0398. The standard InChI is InChI=1S/C11H20N2O3/c1-2-16-9-3-8(4-9)13-11(5-10(14)15)6-12-7-11/h8-9,12-13H,2-7H2,1H3,(H,14,15). The number of nitrogens with one attached hydrogen (secondary N) is 2. The average molecular weight is 228 g/mol. The van der Waals surface area contributed by atoms with Crippen LogP contribution in [0.15, 0.2) is 0 Å². The summed E-state index contributed by atoms with van der Waals surface area (Å²) in [6, 6.07) is 0.429. The maximum absolute atomic E-state index is 10.8. The molecule has 5 heteroatoms. The van der Waals surface area contributed by atoms with E-state index in [-0.39, 0.29) is 12.0 Å². The lowest BCUT2D eigenvalue weighted by molar-refractivity contribution is -0.139. The van der Waals surface area contributed by atoms with Crippen molar-refractivity contribution in [3.8, 4) is 0 Å². The van der Waals surface area contributed by atoms with E-state index in [0.29, 0.717) is 12.1 Å². The molecule has 0 bridgehead atoms. The number of rotatable bonds is 6. The first-order chi connectivity index (χ1) is 7.63. The summed E-state index contributed by atoms with van der Waals surface area (Å²) in [6.07, 6.45) is 2.60. The monoisotopic (exact) mass is 228 g/mol. The molecule has 0 radical (unpaired) electrons. The van der Waals surface area contributed by atoms with E-state index in [2.05, 4.69) is 10.6 Å². The molecule has 0 atom stereocenters. The van der Waals surface area contributed by atoms with E-state index in [4.69, 9.17) is 9.84 Å². The highest BCUT2D eigenvalue weighted by molar-refractivity contribution is 5.68. The van der Waals surface area contributed by atoms with Crippen LogP contribution in [0.2, 0.25) is 0 Å². The van der Waals surface area contributed by atoms with Gasteiger partial charge in [-0.2, -0.15) is 0 Å². The molecule has 1 heterocycles. The maximum atomic E-state index is 10.8. The van der Waals surface area contributed by atoms with Crippen LogP contribution < -0.4 is 10.6 Å². The highest BCUT2D eigenvalue weighted by Gasteiger charge is 2.43. The van der Waals surface area contributed by atoms with E-state index in [1.54, 1.807) is 0 Å². The minimum atomic E-state index is -0.727. The molecule has 1 aliphatic heterocycles. The average Bonchev–Trinajstić information content (AvgIpc) is 2.09. The predicted molar refractivity (Wildman–Crippen MR) is 59.4 cm³/mol. The van der Waals surface area contributed by atoms with Gasteiger partial charge in [-0.1, -0.05) is 0 Å². The van der Waals surface area contributed by atoms with Gasteiger partial charge in [0.05, 0.1) is 18.1 Å². The fraction of sp³-hybridized carbons (Fsp3) is 0.909. The van der Waals surface area contributed by atoms with Crippen molar-refractivity contribution >= 4 is 5.97 Å². The van der Waals surface area contributed by atoms with Crippen molar-refractivity contribution in [1.82, 2.24) is 10.6 Å². The Labute approximate surface area is 95.5 Å². The lowest BCUT2D eigenvalue weighted by atomic mass is 9.82. The molecule has 0 aromatic carbocycles. The Kier molecular flexibility index (Phi) is 3.47. The van der Waals surface area contributed by atoms with Crippen LogP contribution >= 0.6 is 0 Å². The van der Waals surface area contributed by atoms with Gasteiger partial charge in [-0.05, 0) is 19.8 Å². The third kappa shape index (κ3) is 2.53. The van der Waals surface area contributed by atoms with E-state index in [1.165, 1.54) is 0 Å². The number of carboxylic acid groups (broad SMARTS) is 1. The van der Waals surface area contributed by atoms with Crippen LogP contribution in [0.1, 0.15) is 26.2 Å². The second kappa shape index (κ2) is 4.69. The van der Waals surface area contributed by atoms with Gasteiger partial charge in [-0.15, -0.1) is 0 Å². The summed E-state index contributed by atoms with van der Waals surface area (Å²) in [5, 5.41) is 15.5. The molecule has 2 rings (SSSR count). The summed E-state index contributed by atoms with van der Waals surface area (Å²) in [7, 11) is 0. The minimum absolute atomic E-state index is 0.204. The zero-order chi connectivity index (χ0) is 11.6. The third-order valence-electron chi connectivity index (χ3n) is 3.42. The molecule has 0 unspecified atom stereocenters. The Morgan fingerprint density at radius 1 is 1.56 bits per heavy atom. The summed E-state index contributed by atoms with van der Waals surface area (Å²) in [4.78, 5) is 10.8. The van der Waals surface area contributed by atoms with Gasteiger partial charge in [-0.25, -0.2) is 0 Å². The lowest BCUT2D eigenvalue weighted by Gasteiger charge is -2.48. The summed E-state index contributed by atoms with van der Waals surface area (Å²) in [5.74, 6) is -0.727. The first-order valence-corrected chi connectivity index (χ1v) is 5.95. The third-order valence-corrected chi connectivity index (χ3v) is 3.42. The van der Waals surface area contributed by atoms with Gasteiger partial charge in [-0.3, -0.25) is 4.79 Å². The maximum Gasteiger partial charge on any atom is 0.305 e. The second-order valence-electron chi connectivity index (χ2n) is 4.84. The Hall–Kier alpha value is -0.650. The molecule has 1 aliphatic carbocycles. The summed E-state index contributed by atoms with van der Waals surface area (Å²) >= 11 is 0. The quantitative estimate of drug-likeness (QED) is 0.595. The molecule has 92 valence electrons. The van der Waals surface area contributed by atoms with Gasteiger partial charge in [0.2, 0.25) is 0 Å². The molecule has 0 amide bonds. The van der Waals surface area contributed by atoms with Crippen molar-refractivity contribution in [2.24, 2.45) is 0 Å². The van der Waals surface area contributed by atoms with Gasteiger partial charge in [0.25, 0.3) is 0 Å². The van der Waals surface area contributed by atoms with Crippen molar-refractivity contribution in [2.45, 2.75) is 43.9 Å². The molecule has 2 aliphatic rings. The lowest BCUT2D eigenvalue weighted by Crippen LogP contribution is -2.71. The van der Waals surface area contributed by atoms with Gasteiger partial charge in [0, 0.05) is 25.7 Å². The van der Waals surface area contributed by atoms with E-state index >= 15 is 0 Å². The molecule has 5 nitrogen and oxygen atoms in total. The van der Waals surface area contributed by atoms with Crippen molar-refractivity contribution in [3.05, 3.63) is 0 Å². The molecule has 2 fully saturated rings. The SMILES string of the molecule is CCOC1CC(NC2(CC(=O)O)CNC2)C1. The van der Waals surface area contributed by atoms with Crippen molar-refractivity contribution in [3.63, 3.8) is 0 Å². The largest absolute Gasteiger partial charge is 0.481 e. The van der Waals surface area contributed by atoms with Gasteiger partial charge in [0.15, 0.2) is 0 Å². The van der Waals surface area contributed by atoms with E-state index in [0.717, 1.165) is 32.5 Å². The Morgan fingerprint density at radius 2 is 2.25 bits per heavy atom. The molecule has 1 saturated heterocycles. The Morgan fingerprint density at radius 3 is 2.69 bits per heavy atom. The Balaban J connectivity index is 1.74. The summed E-state index contributed by atoms with van der Waals surface area (Å²) < 4.78 is 5.48. The van der Waals surface area contributed by atoms with Crippen molar-refractivity contribution < 1.29 is 14.6 Å². The Bertz CT molecular complexity index is 260. The minimum Gasteiger partial charge on any atom is -0.481 e. The topological polar surface area (TPSA) is 70.6 Å². The number of hydrogen-bond donors (Lipinski definition) is 3.